The minimum absolute atomic E-state index is 0.0537. The molecule has 142 valence electrons. The first kappa shape index (κ1) is 17.2. The van der Waals surface area contributed by atoms with Crippen LogP contribution in [0.5, 0.6) is 0 Å². The van der Waals surface area contributed by atoms with Gasteiger partial charge in [0.05, 0.1) is 11.0 Å². The highest BCUT2D eigenvalue weighted by atomic mass is 35.5. The Bertz CT molecular complexity index is 882. The molecule has 4 aliphatic carbocycles. The molecular formula is C20H21ClN2O4. The van der Waals surface area contributed by atoms with Gasteiger partial charge >= 0.3 is 5.97 Å². The first-order valence-corrected chi connectivity index (χ1v) is 9.79. The van der Waals surface area contributed by atoms with Crippen molar-refractivity contribution in [3.05, 3.63) is 35.2 Å². The first-order chi connectivity index (χ1) is 12.9. The fourth-order valence-electron chi connectivity index (χ4n) is 5.79. The number of carbonyl (C=O) groups is 1. The molecule has 1 N–H and O–H groups in total. The van der Waals surface area contributed by atoms with E-state index in [-0.39, 0.29) is 18.5 Å². The van der Waals surface area contributed by atoms with E-state index < -0.39 is 11.0 Å². The molecule has 2 unspecified atom stereocenters. The summed E-state index contributed by atoms with van der Waals surface area (Å²) < 4.78 is 10.8. The molecule has 4 saturated carbocycles. The SMILES string of the molecule is O=C(OCc1nc(-c2cccc(Cl)c2)no1)C12C[C@@H]3C[C@@H](CC(O)(C3)C1)C2. The molecule has 1 heterocycles. The van der Waals surface area contributed by atoms with Crippen LogP contribution in [0.4, 0.5) is 0 Å². The van der Waals surface area contributed by atoms with E-state index >= 15 is 0 Å². The van der Waals surface area contributed by atoms with E-state index in [9.17, 15) is 9.90 Å². The zero-order chi connectivity index (χ0) is 18.6. The summed E-state index contributed by atoms with van der Waals surface area (Å²) in [5.41, 5.74) is -0.491. The highest BCUT2D eigenvalue weighted by Crippen LogP contribution is 2.62. The summed E-state index contributed by atoms with van der Waals surface area (Å²) in [6, 6.07) is 7.17. The first-order valence-electron chi connectivity index (χ1n) is 9.41. The molecule has 7 heteroatoms. The molecule has 0 saturated heterocycles. The van der Waals surface area contributed by atoms with Crippen molar-refractivity contribution in [3.63, 3.8) is 0 Å². The van der Waals surface area contributed by atoms with Gasteiger partial charge in [-0.25, -0.2) is 0 Å². The Hall–Kier alpha value is -1.92. The zero-order valence-electron chi connectivity index (χ0n) is 14.9. The smallest absolute Gasteiger partial charge is 0.312 e. The number of hydrogen-bond donors (Lipinski definition) is 1. The lowest BCUT2D eigenvalue weighted by atomic mass is 9.48. The average Bonchev–Trinajstić information content (AvgIpc) is 3.06. The number of halogens is 1. The molecule has 6 nitrogen and oxygen atoms in total. The Morgan fingerprint density at radius 1 is 1.30 bits per heavy atom. The fourth-order valence-corrected chi connectivity index (χ4v) is 5.98. The van der Waals surface area contributed by atoms with E-state index in [0.29, 0.717) is 29.1 Å². The minimum Gasteiger partial charge on any atom is -0.455 e. The maximum absolute atomic E-state index is 12.9. The van der Waals surface area contributed by atoms with Crippen LogP contribution in [0.25, 0.3) is 11.4 Å². The monoisotopic (exact) mass is 388 g/mol. The van der Waals surface area contributed by atoms with Crippen LogP contribution in [0.1, 0.15) is 44.4 Å². The van der Waals surface area contributed by atoms with Gasteiger partial charge in [0.15, 0.2) is 6.61 Å². The van der Waals surface area contributed by atoms with E-state index in [0.717, 1.165) is 37.7 Å². The molecule has 1 aromatic heterocycles. The number of carbonyl (C=O) groups excluding carboxylic acids is 1. The highest BCUT2D eigenvalue weighted by molar-refractivity contribution is 6.30. The molecule has 0 radical (unpaired) electrons. The van der Waals surface area contributed by atoms with Gasteiger partial charge in [0.2, 0.25) is 5.82 Å². The third-order valence-electron chi connectivity index (χ3n) is 6.34. The van der Waals surface area contributed by atoms with Gasteiger partial charge < -0.3 is 14.4 Å². The maximum Gasteiger partial charge on any atom is 0.312 e. The Balaban J connectivity index is 1.28. The van der Waals surface area contributed by atoms with Crippen LogP contribution in [0.3, 0.4) is 0 Å². The third-order valence-corrected chi connectivity index (χ3v) is 6.58. The Morgan fingerprint density at radius 2 is 2.07 bits per heavy atom. The van der Waals surface area contributed by atoms with Crippen LogP contribution < -0.4 is 0 Å². The largest absolute Gasteiger partial charge is 0.455 e. The molecule has 0 amide bonds. The summed E-state index contributed by atoms with van der Waals surface area (Å²) >= 11 is 5.99. The molecule has 4 atom stereocenters. The quantitative estimate of drug-likeness (QED) is 0.802. The molecule has 27 heavy (non-hydrogen) atoms. The Labute approximate surface area is 161 Å². The number of benzene rings is 1. The fraction of sp³-hybridized carbons (Fsp3) is 0.550. The van der Waals surface area contributed by atoms with Crippen LogP contribution in [0.15, 0.2) is 28.8 Å². The number of esters is 1. The summed E-state index contributed by atoms with van der Waals surface area (Å²) in [6.45, 7) is -0.0537. The predicted molar refractivity (Wildman–Crippen MR) is 96.6 cm³/mol. The lowest BCUT2D eigenvalue weighted by Crippen LogP contribution is -2.58. The second-order valence-corrected chi connectivity index (χ2v) is 9.00. The summed E-state index contributed by atoms with van der Waals surface area (Å²) in [5, 5.41) is 15.3. The van der Waals surface area contributed by atoms with Gasteiger partial charge in [0, 0.05) is 10.6 Å². The van der Waals surface area contributed by atoms with E-state index in [1.54, 1.807) is 12.1 Å². The van der Waals surface area contributed by atoms with Crippen LogP contribution >= 0.6 is 11.6 Å². The second kappa shape index (κ2) is 6.04. The van der Waals surface area contributed by atoms with Crippen molar-refractivity contribution in [2.45, 2.75) is 50.7 Å². The minimum atomic E-state index is -0.687. The molecule has 0 aliphatic heterocycles. The maximum atomic E-state index is 12.9. The number of nitrogens with zero attached hydrogens (tertiary/aromatic N) is 2. The normalized spacial score (nSPS) is 34.0. The van der Waals surface area contributed by atoms with Crippen molar-refractivity contribution in [2.24, 2.45) is 17.3 Å². The summed E-state index contributed by atoms with van der Waals surface area (Å²) in [6.07, 6.45) is 4.94. The van der Waals surface area contributed by atoms with E-state index in [1.807, 2.05) is 12.1 Å². The molecule has 4 fully saturated rings. The molecule has 1 aromatic carbocycles. The predicted octanol–water partition coefficient (Wildman–Crippen LogP) is 3.76. The zero-order valence-corrected chi connectivity index (χ0v) is 15.6. The number of aliphatic hydroxyl groups is 1. The van der Waals surface area contributed by atoms with Gasteiger partial charge in [-0.1, -0.05) is 28.9 Å². The van der Waals surface area contributed by atoms with Crippen LogP contribution in [-0.2, 0) is 16.1 Å². The van der Waals surface area contributed by atoms with Crippen LogP contribution in [0, 0.1) is 17.3 Å². The van der Waals surface area contributed by atoms with Gasteiger partial charge in [0.1, 0.15) is 0 Å². The average molecular weight is 389 g/mol. The van der Waals surface area contributed by atoms with Gasteiger partial charge in [-0.2, -0.15) is 4.98 Å². The molecule has 2 aromatic rings. The Kier molecular flexibility index (Phi) is 3.85. The van der Waals surface area contributed by atoms with Crippen molar-refractivity contribution in [3.8, 4) is 11.4 Å². The Morgan fingerprint density at radius 3 is 2.78 bits per heavy atom. The lowest BCUT2D eigenvalue weighted by Gasteiger charge is -2.58. The number of rotatable bonds is 4. The van der Waals surface area contributed by atoms with Crippen LogP contribution in [-0.4, -0.2) is 26.8 Å². The van der Waals surface area contributed by atoms with Crippen molar-refractivity contribution in [1.29, 1.82) is 0 Å². The van der Waals surface area contributed by atoms with Gasteiger partial charge in [0.25, 0.3) is 5.89 Å². The van der Waals surface area contributed by atoms with Gasteiger partial charge in [-0.05, 0) is 62.5 Å². The number of ether oxygens (including phenoxy) is 1. The van der Waals surface area contributed by atoms with Crippen LogP contribution in [0.2, 0.25) is 5.02 Å². The number of hydrogen-bond acceptors (Lipinski definition) is 6. The number of aromatic nitrogens is 2. The third kappa shape index (κ3) is 3.05. The van der Waals surface area contributed by atoms with E-state index in [4.69, 9.17) is 20.9 Å². The molecule has 6 rings (SSSR count). The molecule has 4 bridgehead atoms. The molecular weight excluding hydrogens is 368 g/mol. The summed E-state index contributed by atoms with van der Waals surface area (Å²) in [4.78, 5) is 17.2. The van der Waals surface area contributed by atoms with Crippen molar-refractivity contribution >= 4 is 17.6 Å². The van der Waals surface area contributed by atoms with Gasteiger partial charge in [-0.3, -0.25) is 4.79 Å². The topological polar surface area (TPSA) is 85.5 Å². The molecule has 0 spiro atoms. The van der Waals surface area contributed by atoms with Crippen molar-refractivity contribution in [2.75, 3.05) is 0 Å². The van der Waals surface area contributed by atoms with E-state index in [1.165, 1.54) is 0 Å². The lowest BCUT2D eigenvalue weighted by molar-refractivity contribution is -0.197. The summed E-state index contributed by atoms with van der Waals surface area (Å²) in [7, 11) is 0. The van der Waals surface area contributed by atoms with Crippen molar-refractivity contribution in [1.82, 2.24) is 10.1 Å². The second-order valence-electron chi connectivity index (χ2n) is 8.56. The standard InChI is InChI=1S/C20H21ClN2O4/c21-15-3-1-2-14(5-15)17-22-16(27-23-17)10-26-18(24)19-6-12-4-13(7-19)9-20(25,8-12)11-19/h1-3,5,12-13,25H,4,6-11H2/t12-,13+,19?,20?. The van der Waals surface area contributed by atoms with Crippen molar-refractivity contribution < 1.29 is 19.2 Å². The molecule has 4 aliphatic rings. The summed E-state index contributed by atoms with van der Waals surface area (Å²) in [5.74, 6) is 1.29. The highest BCUT2D eigenvalue weighted by Gasteiger charge is 2.60. The van der Waals surface area contributed by atoms with E-state index in [2.05, 4.69) is 10.1 Å². The van der Waals surface area contributed by atoms with Gasteiger partial charge in [-0.15, -0.1) is 0 Å².